The van der Waals surface area contributed by atoms with Crippen LogP contribution in [0.2, 0.25) is 0 Å². The van der Waals surface area contributed by atoms with Gasteiger partial charge in [-0.2, -0.15) is 17.5 Å². The van der Waals surface area contributed by atoms with E-state index in [1.54, 1.807) is 12.1 Å². The fourth-order valence-electron chi connectivity index (χ4n) is 3.04. The Morgan fingerprint density at radius 3 is 2.04 bits per heavy atom. The number of piperazine rings is 1. The highest BCUT2D eigenvalue weighted by Gasteiger charge is 2.39. The molecule has 0 unspecified atom stereocenters. The van der Waals surface area contributed by atoms with Crippen molar-refractivity contribution in [2.24, 2.45) is 0 Å². The lowest BCUT2D eigenvalue weighted by Crippen LogP contribution is -2.48. The number of anilines is 1. The third-order valence-corrected chi connectivity index (χ3v) is 6.43. The molecule has 0 aromatic heterocycles. The Bertz CT molecular complexity index is 970. The number of rotatable bonds is 4. The van der Waals surface area contributed by atoms with Gasteiger partial charge in [0, 0.05) is 44.0 Å². The zero-order valence-electron chi connectivity index (χ0n) is 14.5. The number of non-ortho nitro benzene ring substituents is 1. The molecule has 7 nitrogen and oxygen atoms in total. The third kappa shape index (κ3) is 3.94. The molecule has 28 heavy (non-hydrogen) atoms. The van der Waals surface area contributed by atoms with Gasteiger partial charge in [0.05, 0.1) is 15.4 Å². The molecular weight excluding hydrogens is 399 g/mol. The second-order valence-corrected chi connectivity index (χ2v) is 8.06. The predicted molar refractivity (Wildman–Crippen MR) is 95.5 cm³/mol. The quantitative estimate of drug-likeness (QED) is 0.566. The van der Waals surface area contributed by atoms with Crippen molar-refractivity contribution < 1.29 is 26.5 Å². The minimum absolute atomic E-state index is 0.00547. The van der Waals surface area contributed by atoms with E-state index >= 15 is 0 Å². The van der Waals surface area contributed by atoms with Crippen molar-refractivity contribution in [3.05, 3.63) is 64.2 Å². The van der Waals surface area contributed by atoms with Gasteiger partial charge in [0.1, 0.15) is 0 Å². The highest BCUT2D eigenvalue weighted by atomic mass is 32.2. The minimum atomic E-state index is -4.77. The predicted octanol–water partition coefficient (Wildman–Crippen LogP) is 3.12. The Labute approximate surface area is 159 Å². The van der Waals surface area contributed by atoms with Crippen molar-refractivity contribution in [1.82, 2.24) is 4.31 Å². The molecule has 0 radical (unpaired) electrons. The average Bonchev–Trinajstić information content (AvgIpc) is 2.67. The Kier molecular flexibility index (Phi) is 5.31. The summed E-state index contributed by atoms with van der Waals surface area (Å²) in [4.78, 5) is 11.3. The first kappa shape index (κ1) is 20.1. The maximum Gasteiger partial charge on any atom is 0.417 e. The standard InChI is InChI=1S/C17H16F3N3O4S/c18-17(19,20)15-3-1-2-4-16(15)28(26,27)22-11-9-21(10-12-22)13-5-7-14(8-6-13)23(24)25/h1-8H,9-12H2. The van der Waals surface area contributed by atoms with Gasteiger partial charge in [0.2, 0.25) is 10.0 Å². The molecule has 2 aromatic carbocycles. The van der Waals surface area contributed by atoms with E-state index in [1.165, 1.54) is 18.2 Å². The van der Waals surface area contributed by atoms with Crippen molar-refractivity contribution in [1.29, 1.82) is 0 Å². The van der Waals surface area contributed by atoms with E-state index in [-0.39, 0.29) is 31.9 Å². The molecule has 0 N–H and O–H groups in total. The summed E-state index contributed by atoms with van der Waals surface area (Å²) in [5, 5.41) is 10.7. The monoisotopic (exact) mass is 415 g/mol. The van der Waals surface area contributed by atoms with Gasteiger partial charge in [0.25, 0.3) is 5.69 Å². The number of nitro benzene ring substituents is 1. The summed E-state index contributed by atoms with van der Waals surface area (Å²) in [5.74, 6) is 0. The van der Waals surface area contributed by atoms with Crippen molar-refractivity contribution in [2.75, 3.05) is 31.1 Å². The van der Waals surface area contributed by atoms with Crippen LogP contribution >= 0.6 is 0 Å². The molecule has 2 aromatic rings. The Morgan fingerprint density at radius 1 is 0.929 bits per heavy atom. The van der Waals surface area contributed by atoms with E-state index in [4.69, 9.17) is 0 Å². The maximum absolute atomic E-state index is 13.2. The molecule has 0 saturated carbocycles. The second-order valence-electron chi connectivity index (χ2n) is 6.16. The summed E-state index contributed by atoms with van der Waals surface area (Å²) in [6.45, 7) is 0.521. The van der Waals surface area contributed by atoms with Crippen LogP contribution in [0.4, 0.5) is 24.5 Å². The molecule has 1 fully saturated rings. The summed E-state index contributed by atoms with van der Waals surface area (Å²) in [7, 11) is -4.30. The Hall–Kier alpha value is -2.66. The number of sulfonamides is 1. The van der Waals surface area contributed by atoms with Gasteiger partial charge in [0.15, 0.2) is 0 Å². The van der Waals surface area contributed by atoms with Gasteiger partial charge < -0.3 is 4.90 Å². The molecule has 1 aliphatic heterocycles. The molecule has 0 aliphatic carbocycles. The SMILES string of the molecule is O=[N+]([O-])c1ccc(N2CCN(S(=O)(=O)c3ccccc3C(F)(F)F)CC2)cc1. The number of hydrogen-bond acceptors (Lipinski definition) is 5. The summed E-state index contributed by atoms with van der Waals surface area (Å²) >= 11 is 0. The van der Waals surface area contributed by atoms with E-state index < -0.39 is 31.6 Å². The number of alkyl halides is 3. The van der Waals surface area contributed by atoms with Gasteiger partial charge >= 0.3 is 6.18 Å². The summed E-state index contributed by atoms with van der Waals surface area (Å²) < 4.78 is 66.1. The van der Waals surface area contributed by atoms with Crippen molar-refractivity contribution in [3.8, 4) is 0 Å². The second kappa shape index (κ2) is 7.40. The van der Waals surface area contributed by atoms with E-state index in [0.717, 1.165) is 22.5 Å². The van der Waals surface area contributed by atoms with Crippen LogP contribution in [0.15, 0.2) is 53.4 Å². The minimum Gasteiger partial charge on any atom is -0.369 e. The molecule has 11 heteroatoms. The number of nitro groups is 1. The normalized spacial score (nSPS) is 16.2. The molecule has 3 rings (SSSR count). The molecule has 0 atom stereocenters. The van der Waals surface area contributed by atoms with Crippen LogP contribution in [-0.2, 0) is 16.2 Å². The van der Waals surface area contributed by atoms with E-state index in [9.17, 15) is 31.7 Å². The van der Waals surface area contributed by atoms with Crippen molar-refractivity contribution >= 4 is 21.4 Å². The summed E-state index contributed by atoms with van der Waals surface area (Å²) in [5.41, 5.74) is -0.570. The summed E-state index contributed by atoms with van der Waals surface area (Å²) in [6, 6.07) is 9.92. The van der Waals surface area contributed by atoms with Gasteiger partial charge in [-0.25, -0.2) is 8.42 Å². The van der Waals surface area contributed by atoms with Gasteiger partial charge in [-0.1, -0.05) is 12.1 Å². The fraction of sp³-hybridized carbons (Fsp3) is 0.294. The molecular formula is C17H16F3N3O4S. The van der Waals surface area contributed by atoms with Gasteiger partial charge in [-0.15, -0.1) is 0 Å². The first-order valence-electron chi connectivity index (χ1n) is 8.26. The van der Waals surface area contributed by atoms with Crippen LogP contribution in [0.5, 0.6) is 0 Å². The van der Waals surface area contributed by atoms with E-state index in [1.807, 2.05) is 4.90 Å². The first-order valence-corrected chi connectivity index (χ1v) is 9.70. The first-order chi connectivity index (χ1) is 13.1. The van der Waals surface area contributed by atoms with Crippen LogP contribution < -0.4 is 4.90 Å². The molecule has 1 aliphatic rings. The fourth-order valence-corrected chi connectivity index (χ4v) is 4.67. The van der Waals surface area contributed by atoms with Crippen LogP contribution in [0.3, 0.4) is 0 Å². The number of hydrogen-bond donors (Lipinski definition) is 0. The van der Waals surface area contributed by atoms with Gasteiger partial charge in [-0.3, -0.25) is 10.1 Å². The molecule has 1 heterocycles. The highest BCUT2D eigenvalue weighted by Crippen LogP contribution is 2.35. The zero-order chi connectivity index (χ0) is 20.5. The smallest absolute Gasteiger partial charge is 0.369 e. The van der Waals surface area contributed by atoms with Crippen molar-refractivity contribution in [3.63, 3.8) is 0 Å². The third-order valence-electron chi connectivity index (χ3n) is 4.47. The lowest BCUT2D eigenvalue weighted by molar-refractivity contribution is -0.384. The van der Waals surface area contributed by atoms with Crippen LogP contribution in [-0.4, -0.2) is 43.8 Å². The molecule has 0 amide bonds. The van der Waals surface area contributed by atoms with E-state index in [2.05, 4.69) is 0 Å². The van der Waals surface area contributed by atoms with Crippen LogP contribution in [0.1, 0.15) is 5.56 Å². The molecule has 1 saturated heterocycles. The zero-order valence-corrected chi connectivity index (χ0v) is 15.3. The Morgan fingerprint density at radius 2 is 1.50 bits per heavy atom. The number of halogens is 3. The van der Waals surface area contributed by atoms with Gasteiger partial charge in [-0.05, 0) is 24.3 Å². The average molecular weight is 415 g/mol. The number of nitrogens with zero attached hydrogens (tertiary/aromatic N) is 3. The summed E-state index contributed by atoms with van der Waals surface area (Å²) in [6.07, 6.45) is -4.77. The lowest BCUT2D eigenvalue weighted by Gasteiger charge is -2.35. The Balaban J connectivity index is 1.77. The molecule has 0 spiro atoms. The van der Waals surface area contributed by atoms with Crippen LogP contribution in [0, 0.1) is 10.1 Å². The topological polar surface area (TPSA) is 83.8 Å². The lowest BCUT2D eigenvalue weighted by atomic mass is 10.2. The van der Waals surface area contributed by atoms with Crippen LogP contribution in [0.25, 0.3) is 0 Å². The molecule has 150 valence electrons. The largest absolute Gasteiger partial charge is 0.417 e. The molecule has 0 bridgehead atoms. The highest BCUT2D eigenvalue weighted by molar-refractivity contribution is 7.89. The van der Waals surface area contributed by atoms with E-state index in [0.29, 0.717) is 5.69 Å². The maximum atomic E-state index is 13.2. The van der Waals surface area contributed by atoms with Crippen molar-refractivity contribution in [2.45, 2.75) is 11.1 Å². The number of benzene rings is 2.